The molecule has 0 aliphatic heterocycles. The minimum Gasteiger partial charge on any atom is -0.480 e. The summed E-state index contributed by atoms with van der Waals surface area (Å²) in [6.07, 6.45) is 0.690. The third-order valence-electron chi connectivity index (χ3n) is 2.63. The van der Waals surface area contributed by atoms with Crippen molar-refractivity contribution >= 4 is 55.1 Å². The van der Waals surface area contributed by atoms with Gasteiger partial charge in [0.05, 0.1) is 8.66 Å². The predicted octanol–water partition coefficient (Wildman–Crippen LogP) is 3.50. The number of halogens is 2. The monoisotopic (exact) mass is 397 g/mol. The number of thiophene rings is 1. The molecule has 0 aliphatic rings. The maximum Gasteiger partial charge on any atom is 0.326 e. The summed E-state index contributed by atoms with van der Waals surface area (Å²) in [5, 5.41) is 11.7. The molecule has 2 unspecified atom stereocenters. The fraction of sp³-hybridized carbons (Fsp3) is 0.455. The van der Waals surface area contributed by atoms with Crippen LogP contribution >= 0.6 is 43.2 Å². The van der Waals surface area contributed by atoms with Crippen molar-refractivity contribution < 1.29 is 14.7 Å². The summed E-state index contributed by atoms with van der Waals surface area (Å²) >= 11 is 7.85. The van der Waals surface area contributed by atoms with Crippen LogP contribution in [-0.2, 0) is 4.79 Å². The molecule has 0 fully saturated rings. The molecule has 2 N–H and O–H groups in total. The van der Waals surface area contributed by atoms with E-state index >= 15 is 0 Å². The second kappa shape index (κ2) is 6.68. The van der Waals surface area contributed by atoms with Gasteiger partial charge < -0.3 is 10.4 Å². The summed E-state index contributed by atoms with van der Waals surface area (Å²) in [6.45, 7) is 3.70. The minimum atomic E-state index is -1.01. The van der Waals surface area contributed by atoms with Gasteiger partial charge in [0, 0.05) is 4.47 Å². The second-order valence-electron chi connectivity index (χ2n) is 3.91. The van der Waals surface area contributed by atoms with Crippen LogP contribution in [0.15, 0.2) is 14.3 Å². The van der Waals surface area contributed by atoms with Crippen molar-refractivity contribution in [3.8, 4) is 0 Å². The quantitative estimate of drug-likeness (QED) is 0.797. The molecule has 0 saturated carbocycles. The first-order chi connectivity index (χ1) is 8.36. The molecule has 1 rings (SSSR count). The lowest BCUT2D eigenvalue weighted by atomic mass is 9.99. The van der Waals surface area contributed by atoms with Crippen LogP contribution in [0.25, 0.3) is 0 Å². The van der Waals surface area contributed by atoms with Crippen molar-refractivity contribution in [3.05, 3.63) is 19.2 Å². The highest BCUT2D eigenvalue weighted by atomic mass is 79.9. The van der Waals surface area contributed by atoms with Gasteiger partial charge in [-0.3, -0.25) is 4.79 Å². The Morgan fingerprint density at radius 3 is 2.50 bits per heavy atom. The molecule has 0 aromatic carbocycles. The summed E-state index contributed by atoms with van der Waals surface area (Å²) in [5.74, 6) is -1.48. The van der Waals surface area contributed by atoms with Gasteiger partial charge in [-0.25, -0.2) is 4.79 Å². The van der Waals surface area contributed by atoms with Gasteiger partial charge in [-0.05, 0) is 43.8 Å². The van der Waals surface area contributed by atoms with Gasteiger partial charge in [0.15, 0.2) is 0 Å². The molecule has 1 heterocycles. The van der Waals surface area contributed by atoms with Gasteiger partial charge in [-0.2, -0.15) is 0 Å². The van der Waals surface area contributed by atoms with Gasteiger partial charge in [0.25, 0.3) is 5.91 Å². The standard InChI is InChI=1S/C11H13Br2NO3S/c1-3-5(2)8(11(16)17)14-10(15)7-4-6(12)9(13)18-7/h4-5,8H,3H2,1-2H3,(H,14,15)(H,16,17). The van der Waals surface area contributed by atoms with E-state index in [1.165, 1.54) is 11.3 Å². The SMILES string of the molecule is CCC(C)C(NC(=O)c1cc(Br)c(Br)s1)C(=O)O. The first-order valence-corrected chi connectivity index (χ1v) is 7.75. The maximum atomic E-state index is 11.9. The Kier molecular flexibility index (Phi) is 5.81. The molecule has 0 radical (unpaired) electrons. The van der Waals surface area contributed by atoms with Crippen molar-refractivity contribution in [3.63, 3.8) is 0 Å². The zero-order chi connectivity index (χ0) is 13.9. The zero-order valence-electron chi connectivity index (χ0n) is 9.87. The van der Waals surface area contributed by atoms with Crippen LogP contribution in [-0.4, -0.2) is 23.0 Å². The van der Waals surface area contributed by atoms with E-state index in [-0.39, 0.29) is 11.8 Å². The normalized spacial score (nSPS) is 14.0. The highest BCUT2D eigenvalue weighted by molar-refractivity contribution is 9.13. The van der Waals surface area contributed by atoms with Crippen molar-refractivity contribution in [2.75, 3.05) is 0 Å². The lowest BCUT2D eigenvalue weighted by molar-refractivity contribution is -0.140. The predicted molar refractivity (Wildman–Crippen MR) is 78.1 cm³/mol. The molecule has 18 heavy (non-hydrogen) atoms. The molecular formula is C11H13Br2NO3S. The smallest absolute Gasteiger partial charge is 0.326 e. The summed E-state index contributed by atoms with van der Waals surface area (Å²) in [5.41, 5.74) is 0. The number of carbonyl (C=O) groups excluding carboxylic acids is 1. The Bertz CT molecular complexity index is 442. The number of carboxylic acids is 1. The van der Waals surface area contributed by atoms with Crippen LogP contribution in [0.4, 0.5) is 0 Å². The van der Waals surface area contributed by atoms with Crippen molar-refractivity contribution in [1.82, 2.24) is 5.32 Å². The Hall–Kier alpha value is -0.400. The average molecular weight is 399 g/mol. The van der Waals surface area contributed by atoms with E-state index in [2.05, 4.69) is 37.2 Å². The number of amides is 1. The number of nitrogens with one attached hydrogen (secondary N) is 1. The van der Waals surface area contributed by atoms with E-state index in [1.54, 1.807) is 13.0 Å². The molecule has 2 atom stereocenters. The fourth-order valence-corrected chi connectivity index (χ4v) is 3.29. The molecule has 7 heteroatoms. The topological polar surface area (TPSA) is 66.4 Å². The lowest BCUT2D eigenvalue weighted by Crippen LogP contribution is -2.44. The molecule has 100 valence electrons. The van der Waals surface area contributed by atoms with Crippen molar-refractivity contribution in [2.24, 2.45) is 5.92 Å². The largest absolute Gasteiger partial charge is 0.480 e. The average Bonchev–Trinajstić information content (AvgIpc) is 2.65. The summed E-state index contributed by atoms with van der Waals surface area (Å²) in [4.78, 5) is 23.5. The second-order valence-corrected chi connectivity index (χ2v) is 7.13. The summed E-state index contributed by atoms with van der Waals surface area (Å²) in [6, 6.07) is 0.807. The molecule has 1 amide bonds. The van der Waals surface area contributed by atoms with Gasteiger partial charge in [-0.15, -0.1) is 11.3 Å². The first kappa shape index (κ1) is 15.7. The van der Waals surface area contributed by atoms with E-state index in [9.17, 15) is 9.59 Å². The van der Waals surface area contributed by atoms with Crippen LogP contribution in [0.2, 0.25) is 0 Å². The Labute approximate surface area is 126 Å². The highest BCUT2D eigenvalue weighted by Gasteiger charge is 2.26. The van der Waals surface area contributed by atoms with Gasteiger partial charge in [0.1, 0.15) is 6.04 Å². The third kappa shape index (κ3) is 3.80. The molecule has 0 spiro atoms. The number of carbonyl (C=O) groups is 2. The summed E-state index contributed by atoms with van der Waals surface area (Å²) in [7, 11) is 0. The molecule has 1 aromatic heterocycles. The molecule has 0 saturated heterocycles. The van der Waals surface area contributed by atoms with Crippen molar-refractivity contribution in [2.45, 2.75) is 26.3 Å². The zero-order valence-corrected chi connectivity index (χ0v) is 13.9. The number of aliphatic carboxylic acids is 1. The summed E-state index contributed by atoms with van der Waals surface area (Å²) < 4.78 is 1.59. The fourth-order valence-electron chi connectivity index (χ4n) is 1.35. The lowest BCUT2D eigenvalue weighted by Gasteiger charge is -2.19. The Morgan fingerprint density at radius 1 is 1.50 bits per heavy atom. The van der Waals surface area contributed by atoms with E-state index in [0.29, 0.717) is 11.3 Å². The van der Waals surface area contributed by atoms with Crippen LogP contribution in [0, 0.1) is 5.92 Å². The van der Waals surface area contributed by atoms with Crippen LogP contribution in [0.3, 0.4) is 0 Å². The molecular weight excluding hydrogens is 386 g/mol. The first-order valence-electron chi connectivity index (χ1n) is 5.35. The number of hydrogen-bond donors (Lipinski definition) is 2. The van der Waals surface area contributed by atoms with E-state index < -0.39 is 12.0 Å². The van der Waals surface area contributed by atoms with Gasteiger partial charge in [-0.1, -0.05) is 20.3 Å². The molecule has 0 bridgehead atoms. The number of carboxylic acid groups (broad SMARTS) is 1. The van der Waals surface area contributed by atoms with Crippen LogP contribution in [0.1, 0.15) is 29.9 Å². The third-order valence-corrected chi connectivity index (χ3v) is 5.89. The number of rotatable bonds is 5. The molecule has 4 nitrogen and oxygen atoms in total. The van der Waals surface area contributed by atoms with E-state index in [1.807, 2.05) is 6.92 Å². The molecule has 0 aliphatic carbocycles. The molecule has 1 aromatic rings. The minimum absolute atomic E-state index is 0.113. The van der Waals surface area contributed by atoms with Crippen molar-refractivity contribution in [1.29, 1.82) is 0 Å². The van der Waals surface area contributed by atoms with E-state index in [4.69, 9.17) is 5.11 Å². The Balaban J connectivity index is 2.81. The van der Waals surface area contributed by atoms with Crippen LogP contribution < -0.4 is 5.32 Å². The van der Waals surface area contributed by atoms with Crippen LogP contribution in [0.5, 0.6) is 0 Å². The van der Waals surface area contributed by atoms with E-state index in [0.717, 1.165) is 8.26 Å². The number of hydrogen-bond acceptors (Lipinski definition) is 3. The highest BCUT2D eigenvalue weighted by Crippen LogP contribution is 2.32. The Morgan fingerprint density at radius 2 is 2.11 bits per heavy atom. The maximum absolute atomic E-state index is 11.9. The van der Waals surface area contributed by atoms with Gasteiger partial charge in [0.2, 0.25) is 0 Å². The van der Waals surface area contributed by atoms with Gasteiger partial charge >= 0.3 is 5.97 Å².